The second-order valence-electron chi connectivity index (χ2n) is 7.38. The second kappa shape index (κ2) is 10.0. The van der Waals surface area contributed by atoms with Crippen LogP contribution in [0.15, 0.2) is 18.2 Å². The Balaban J connectivity index is 1.47. The van der Waals surface area contributed by atoms with Crippen LogP contribution in [0.25, 0.3) is 0 Å². The minimum Gasteiger partial charge on any atom is -0.320 e. The summed E-state index contributed by atoms with van der Waals surface area (Å²) in [5.41, 5.74) is 3.45. The first kappa shape index (κ1) is 20.0. The van der Waals surface area contributed by atoms with Crippen LogP contribution in [0.1, 0.15) is 30.9 Å². The number of fused-ring (bicyclic) bond motifs is 1. The first-order chi connectivity index (χ1) is 13.1. The van der Waals surface area contributed by atoms with Crippen LogP contribution in [0.4, 0.5) is 10.5 Å². The van der Waals surface area contributed by atoms with E-state index >= 15 is 0 Å². The van der Waals surface area contributed by atoms with Gasteiger partial charge in [0.2, 0.25) is 0 Å². The van der Waals surface area contributed by atoms with E-state index < -0.39 is 0 Å². The molecule has 1 aromatic carbocycles. The van der Waals surface area contributed by atoms with Gasteiger partial charge in [-0.25, -0.2) is 4.79 Å². The van der Waals surface area contributed by atoms with Crippen molar-refractivity contribution in [2.24, 2.45) is 0 Å². The fourth-order valence-corrected chi connectivity index (χ4v) is 3.64. The Kier molecular flexibility index (Phi) is 7.42. The Bertz CT molecular complexity index is 624. The van der Waals surface area contributed by atoms with Gasteiger partial charge >= 0.3 is 6.03 Å². The van der Waals surface area contributed by atoms with E-state index in [2.05, 4.69) is 56.3 Å². The minimum absolute atomic E-state index is 0.180. The number of hydrogen-bond donors (Lipinski definition) is 7. The molecule has 0 spiro atoms. The predicted molar refractivity (Wildman–Crippen MR) is 108 cm³/mol. The molecule has 0 bridgehead atoms. The van der Waals surface area contributed by atoms with Crippen LogP contribution in [0.2, 0.25) is 0 Å². The van der Waals surface area contributed by atoms with E-state index in [1.807, 2.05) is 13.1 Å². The number of anilines is 1. The molecule has 2 heterocycles. The van der Waals surface area contributed by atoms with Gasteiger partial charge in [0.15, 0.2) is 0 Å². The lowest BCUT2D eigenvalue weighted by Gasteiger charge is -2.36. The summed E-state index contributed by atoms with van der Waals surface area (Å²) in [6.07, 6.45) is 2.95. The second-order valence-corrected chi connectivity index (χ2v) is 7.38. The van der Waals surface area contributed by atoms with Crippen LogP contribution in [0.3, 0.4) is 0 Å². The van der Waals surface area contributed by atoms with E-state index in [9.17, 15) is 4.79 Å². The van der Waals surface area contributed by atoms with Crippen molar-refractivity contribution in [3.05, 3.63) is 29.3 Å². The highest BCUT2D eigenvalue weighted by atomic mass is 16.2. The molecule has 2 aliphatic heterocycles. The molecule has 0 radical (unpaired) electrons. The quantitative estimate of drug-likeness (QED) is 0.345. The van der Waals surface area contributed by atoms with Crippen LogP contribution in [0, 0.1) is 0 Å². The maximum Gasteiger partial charge on any atom is 0.321 e. The topological polar surface area (TPSA) is 101 Å². The molecule has 27 heavy (non-hydrogen) atoms. The Morgan fingerprint density at radius 1 is 1.22 bits per heavy atom. The van der Waals surface area contributed by atoms with Gasteiger partial charge in [0.25, 0.3) is 0 Å². The monoisotopic (exact) mass is 375 g/mol. The van der Waals surface area contributed by atoms with Crippen molar-refractivity contribution in [2.75, 3.05) is 32.0 Å². The van der Waals surface area contributed by atoms with Crippen molar-refractivity contribution in [1.82, 2.24) is 31.9 Å². The van der Waals surface area contributed by atoms with Crippen molar-refractivity contribution < 1.29 is 4.79 Å². The summed E-state index contributed by atoms with van der Waals surface area (Å²) in [6.45, 7) is 5.95. The summed E-state index contributed by atoms with van der Waals surface area (Å²) in [6, 6.07) is 6.22. The summed E-state index contributed by atoms with van der Waals surface area (Å²) in [5.74, 6) is 0. The van der Waals surface area contributed by atoms with E-state index in [1.54, 1.807) is 0 Å². The molecule has 1 saturated heterocycles. The van der Waals surface area contributed by atoms with Gasteiger partial charge in [-0.2, -0.15) is 0 Å². The van der Waals surface area contributed by atoms with Crippen LogP contribution in [-0.4, -0.2) is 51.2 Å². The van der Waals surface area contributed by atoms with Crippen molar-refractivity contribution in [3.8, 4) is 0 Å². The van der Waals surface area contributed by atoms with Gasteiger partial charge in [0.05, 0.1) is 6.17 Å². The van der Waals surface area contributed by atoms with Gasteiger partial charge in [0.1, 0.15) is 6.29 Å². The standard InChI is InChI=1S/C19H33N7O/c1-13-10-17(22-8-3-7-20-2)25-18(23-13)26-19(27)24-16-5-4-15-12-21-9-6-14(15)11-16/h4-5,11,13,17-18,20-23,25H,3,6-10,12H2,1-2H3,(H2,24,26,27). The lowest BCUT2D eigenvalue weighted by Crippen LogP contribution is -2.67. The molecule has 0 aliphatic carbocycles. The third-order valence-electron chi connectivity index (χ3n) is 5.03. The third-order valence-corrected chi connectivity index (χ3v) is 5.03. The molecule has 0 aromatic heterocycles. The van der Waals surface area contributed by atoms with Crippen LogP contribution in [0.5, 0.6) is 0 Å². The smallest absolute Gasteiger partial charge is 0.320 e. The molecular weight excluding hydrogens is 342 g/mol. The minimum atomic E-state index is -0.266. The fourth-order valence-electron chi connectivity index (χ4n) is 3.64. The van der Waals surface area contributed by atoms with E-state index in [0.717, 1.165) is 51.1 Å². The van der Waals surface area contributed by atoms with E-state index in [4.69, 9.17) is 0 Å². The highest BCUT2D eigenvalue weighted by molar-refractivity contribution is 5.89. The van der Waals surface area contributed by atoms with Crippen LogP contribution < -0.4 is 37.2 Å². The number of hydrogen-bond acceptors (Lipinski definition) is 6. The molecule has 1 aromatic rings. The first-order valence-electron chi connectivity index (χ1n) is 9.94. The average Bonchev–Trinajstić information content (AvgIpc) is 2.64. The van der Waals surface area contributed by atoms with Gasteiger partial charge in [-0.3, -0.25) is 10.6 Å². The molecule has 1 fully saturated rings. The molecule has 150 valence electrons. The van der Waals surface area contributed by atoms with E-state index in [1.165, 1.54) is 11.1 Å². The number of urea groups is 1. The SMILES string of the molecule is CNCCCNC1CC(C)NC(NC(=O)Nc2ccc3c(c2)CCNC3)N1. The number of amides is 2. The molecule has 2 amide bonds. The highest BCUT2D eigenvalue weighted by Gasteiger charge is 2.25. The molecule has 8 nitrogen and oxygen atoms in total. The summed E-state index contributed by atoms with van der Waals surface area (Å²) < 4.78 is 0. The molecule has 3 atom stereocenters. The lowest BCUT2D eigenvalue weighted by molar-refractivity contribution is 0.193. The first-order valence-corrected chi connectivity index (χ1v) is 9.94. The Morgan fingerprint density at radius 3 is 2.96 bits per heavy atom. The fraction of sp³-hybridized carbons (Fsp3) is 0.632. The Hall–Kier alpha value is -1.71. The predicted octanol–water partition coefficient (Wildman–Crippen LogP) is 0.234. The zero-order valence-corrected chi connectivity index (χ0v) is 16.3. The summed E-state index contributed by atoms with van der Waals surface area (Å²) in [5, 5.41) is 22.7. The molecule has 3 rings (SSSR count). The van der Waals surface area contributed by atoms with E-state index in [0.29, 0.717) is 6.04 Å². The molecule has 3 unspecified atom stereocenters. The lowest BCUT2D eigenvalue weighted by atomic mass is 10.0. The molecule has 7 N–H and O–H groups in total. The number of carbonyl (C=O) groups excluding carboxylic acids is 1. The van der Waals surface area contributed by atoms with E-state index in [-0.39, 0.29) is 18.5 Å². The van der Waals surface area contributed by atoms with Gasteiger partial charge in [0, 0.05) is 18.3 Å². The molecule has 2 aliphatic rings. The highest BCUT2D eigenvalue weighted by Crippen LogP contribution is 2.19. The van der Waals surface area contributed by atoms with Gasteiger partial charge in [-0.1, -0.05) is 6.07 Å². The molecular formula is C19H33N7O. The Morgan fingerprint density at radius 2 is 2.11 bits per heavy atom. The zero-order chi connectivity index (χ0) is 19.1. The Labute approximate surface area is 161 Å². The summed E-state index contributed by atoms with van der Waals surface area (Å²) in [7, 11) is 1.96. The third kappa shape index (κ3) is 6.15. The summed E-state index contributed by atoms with van der Waals surface area (Å²) >= 11 is 0. The molecule has 8 heteroatoms. The number of rotatable bonds is 7. The normalized spacial score (nSPS) is 24.9. The number of benzene rings is 1. The summed E-state index contributed by atoms with van der Waals surface area (Å²) in [4.78, 5) is 12.4. The maximum atomic E-state index is 12.4. The maximum absolute atomic E-state index is 12.4. The van der Waals surface area contributed by atoms with Crippen molar-refractivity contribution >= 4 is 11.7 Å². The van der Waals surface area contributed by atoms with Gasteiger partial charge < -0.3 is 26.6 Å². The number of carbonyl (C=O) groups is 1. The van der Waals surface area contributed by atoms with Crippen molar-refractivity contribution in [3.63, 3.8) is 0 Å². The number of nitrogens with one attached hydrogen (secondary N) is 7. The largest absolute Gasteiger partial charge is 0.321 e. The van der Waals surface area contributed by atoms with Gasteiger partial charge in [-0.15, -0.1) is 0 Å². The van der Waals surface area contributed by atoms with Gasteiger partial charge in [-0.05, 0) is 76.1 Å². The zero-order valence-electron chi connectivity index (χ0n) is 16.3. The van der Waals surface area contributed by atoms with Crippen LogP contribution >= 0.6 is 0 Å². The van der Waals surface area contributed by atoms with Crippen LogP contribution in [-0.2, 0) is 13.0 Å². The van der Waals surface area contributed by atoms with Crippen molar-refractivity contribution in [2.45, 2.75) is 51.2 Å². The van der Waals surface area contributed by atoms with Crippen molar-refractivity contribution in [1.29, 1.82) is 0 Å². The average molecular weight is 376 g/mol. The molecule has 0 saturated carbocycles.